The van der Waals surface area contributed by atoms with Crippen molar-refractivity contribution in [2.75, 3.05) is 74.3 Å². The van der Waals surface area contributed by atoms with E-state index in [2.05, 4.69) is 31.9 Å². The number of sulfonamides is 1. The van der Waals surface area contributed by atoms with Gasteiger partial charge in [0.15, 0.2) is 0 Å². The van der Waals surface area contributed by atoms with E-state index in [4.69, 9.17) is 26.3 Å². The van der Waals surface area contributed by atoms with Gasteiger partial charge < -0.3 is 75.5 Å². The number of carboxylic acids is 1. The van der Waals surface area contributed by atoms with E-state index in [0.29, 0.717) is 25.3 Å². The molecule has 1 aromatic heterocycles. The van der Waals surface area contributed by atoms with Crippen LogP contribution in [0, 0.1) is 46.3 Å². The van der Waals surface area contributed by atoms with Crippen molar-refractivity contribution >= 4 is 98.3 Å². The number of allylic oxidation sites excluding steroid dienone is 2. The summed E-state index contributed by atoms with van der Waals surface area (Å²) < 4.78 is 27.8. The molecule has 9 N–H and O–H groups in total. The number of primary sulfonamides is 1. The first-order valence-corrected chi connectivity index (χ1v) is 40.6. The van der Waals surface area contributed by atoms with E-state index >= 15 is 9.59 Å². The first kappa shape index (κ1) is 102. The molecular weight excluding hydrogens is 1500 g/mol. The largest absolute Gasteiger partial charge is 0.478 e. The van der Waals surface area contributed by atoms with Crippen molar-refractivity contribution in [3.05, 3.63) is 63.9 Å². The topological polar surface area (TPSA) is 434 Å². The monoisotopic (exact) mass is 1630 g/mol. The summed E-state index contributed by atoms with van der Waals surface area (Å²) in [6.07, 6.45) is 4.52. The zero-order valence-corrected chi connectivity index (χ0v) is 72.9. The quantitative estimate of drug-likeness (QED) is 0.0350. The fourth-order valence-electron chi connectivity index (χ4n) is 12.7. The third-order valence-corrected chi connectivity index (χ3v) is 20.9. The van der Waals surface area contributed by atoms with Gasteiger partial charge >= 0.3 is 5.97 Å². The maximum atomic E-state index is 15.1. The van der Waals surface area contributed by atoms with Gasteiger partial charge in [0.25, 0.3) is 0 Å². The zero-order valence-electron chi connectivity index (χ0n) is 71.3. The Morgan fingerprint density at radius 1 is 0.628 bits per heavy atom. The van der Waals surface area contributed by atoms with Crippen LogP contribution in [-0.2, 0) is 69.3 Å². The number of aliphatic hydroxyl groups excluding tert-OH is 1. The van der Waals surface area contributed by atoms with Crippen LogP contribution in [0.15, 0.2) is 57.3 Å². The van der Waals surface area contributed by atoms with Gasteiger partial charge in [-0.15, -0.1) is 4.91 Å². The molecule has 35 heteroatoms. The number of hydrogen-bond acceptors (Lipinski definition) is 19. The number of carbonyl (C=O) groups excluding carboxylic acids is 11. The SMILES string of the molecule is C/C=C/C[C@@H](C)[C@@H](O)[C@H]1C(=O)N[C@@H](CC)C(=O)N(C)CC(=O)N(C)[C@@H](CC(C)C)C(=O)N[C@@H](C(C)C)C(=O)N(C)[C@@H](CC(C)C)C(=O)N[C@@H](C)C(=O)N[C@H](C)C(=O)N(C)[C@@H](CC(C)C)C(=O)N(C)[C@@H](CC(C)C)C(=O)N(C)[C@@H](C(C)C)C(=O)N1C.CCN(CC)N=O.NS(=O)(=O)c1cc(C(=O)O)c(NCc2ccco2)cc1Cl. The Balaban J connectivity index is 0.00000188. The maximum absolute atomic E-state index is 15.1. The van der Waals surface area contributed by atoms with Gasteiger partial charge in [0.2, 0.25) is 75.0 Å². The number of aromatic carboxylic acids is 1. The molecule has 2 aromatic rings. The fourth-order valence-corrected chi connectivity index (χ4v) is 13.8. The van der Waals surface area contributed by atoms with Gasteiger partial charge in [-0.05, 0) is 139 Å². The molecule has 0 radical (unpaired) electrons. The molecule has 1 aliphatic rings. The summed E-state index contributed by atoms with van der Waals surface area (Å²) >= 11 is 5.84. The second-order valence-electron chi connectivity index (χ2n) is 31.4. The summed E-state index contributed by atoms with van der Waals surface area (Å²) in [5.74, 6) is -10.4. The van der Waals surface area contributed by atoms with Crippen LogP contribution in [0.2, 0.25) is 5.02 Å². The number of rotatable bonds is 23. The minimum absolute atomic E-state index is 0.0229. The maximum Gasteiger partial charge on any atom is 0.337 e. The molecule has 0 aliphatic carbocycles. The molecule has 11 amide bonds. The summed E-state index contributed by atoms with van der Waals surface area (Å²) in [6, 6.07) is -6.82. The number of nitrogens with one attached hydrogen (secondary N) is 5. The lowest BCUT2D eigenvalue weighted by Gasteiger charge is -2.41. The van der Waals surface area contributed by atoms with Crippen molar-refractivity contribution in [2.45, 2.75) is 248 Å². The van der Waals surface area contributed by atoms with Crippen molar-refractivity contribution < 1.29 is 80.6 Å². The van der Waals surface area contributed by atoms with Crippen molar-refractivity contribution in [3.8, 4) is 0 Å². The van der Waals surface area contributed by atoms with Gasteiger partial charge in [-0.1, -0.05) is 121 Å². The molecular formula is C78H132ClN15O18S. The minimum atomic E-state index is -4.11. The third kappa shape index (κ3) is 30.8. The number of furan rings is 1. The van der Waals surface area contributed by atoms with Gasteiger partial charge in [-0.2, -0.15) is 0 Å². The highest BCUT2D eigenvalue weighted by Gasteiger charge is 2.46. The van der Waals surface area contributed by atoms with Crippen molar-refractivity contribution in [3.63, 3.8) is 0 Å². The van der Waals surface area contributed by atoms with Crippen LogP contribution in [0.5, 0.6) is 0 Å². The summed E-state index contributed by atoms with van der Waals surface area (Å²) in [5.41, 5.74) is -0.0914. The fraction of sp³-hybridized carbons (Fsp3) is 0.692. The highest BCUT2D eigenvalue weighted by atomic mass is 35.5. The second kappa shape index (κ2) is 47.8. The lowest BCUT2D eigenvalue weighted by molar-refractivity contribution is -0.157. The van der Waals surface area contributed by atoms with Crippen LogP contribution in [0.4, 0.5) is 5.69 Å². The van der Waals surface area contributed by atoms with E-state index in [1.165, 1.54) is 105 Å². The Morgan fingerprint density at radius 3 is 1.53 bits per heavy atom. The molecule has 33 nitrogen and oxygen atoms in total. The molecule has 113 heavy (non-hydrogen) atoms. The van der Waals surface area contributed by atoms with Crippen molar-refractivity contribution in [1.82, 2.24) is 60.6 Å². The number of amides is 11. The van der Waals surface area contributed by atoms with Crippen LogP contribution in [0.25, 0.3) is 0 Å². The number of anilines is 1. The molecule has 2 heterocycles. The van der Waals surface area contributed by atoms with Gasteiger partial charge in [-0.3, -0.25) is 57.7 Å². The molecule has 0 unspecified atom stereocenters. The lowest BCUT2D eigenvalue weighted by atomic mass is 9.91. The first-order chi connectivity index (χ1) is 52.3. The van der Waals surface area contributed by atoms with Gasteiger partial charge in [0, 0.05) is 62.4 Å². The van der Waals surface area contributed by atoms with Crippen LogP contribution in [0.1, 0.15) is 186 Å². The minimum Gasteiger partial charge on any atom is -0.478 e. The smallest absolute Gasteiger partial charge is 0.337 e. The highest BCUT2D eigenvalue weighted by molar-refractivity contribution is 7.89. The molecule has 1 fully saturated rings. The van der Waals surface area contributed by atoms with Crippen LogP contribution in [0.3, 0.4) is 0 Å². The number of benzene rings is 1. The highest BCUT2D eigenvalue weighted by Crippen LogP contribution is 2.30. The Bertz CT molecular complexity index is 3650. The molecule has 1 aliphatic heterocycles. The summed E-state index contributed by atoms with van der Waals surface area (Å²) in [7, 11) is 5.81. The third-order valence-electron chi connectivity index (χ3n) is 19.6. The second-order valence-corrected chi connectivity index (χ2v) is 33.4. The number of aliphatic hydroxyl groups is 1. The molecule has 3 rings (SSSR count). The molecule has 0 saturated carbocycles. The summed E-state index contributed by atoms with van der Waals surface area (Å²) in [4.78, 5) is 189. The predicted molar refractivity (Wildman–Crippen MR) is 433 cm³/mol. The Hall–Kier alpha value is -8.76. The molecule has 1 aromatic carbocycles. The number of halogens is 1. The number of nitrogens with zero attached hydrogens (tertiary/aromatic N) is 9. The Labute approximate surface area is 674 Å². The van der Waals surface area contributed by atoms with Crippen molar-refractivity contribution in [2.24, 2.45) is 51.9 Å². The normalized spacial score (nSPS) is 22.9. The van der Waals surface area contributed by atoms with Gasteiger partial charge in [-0.25, -0.2) is 18.4 Å². The number of hydrogen-bond donors (Lipinski definition) is 8. The molecule has 640 valence electrons. The standard InChI is InChI=1S/C62H111N11O12.C12H11ClN2O5S.C4H10N2O/c1-25-27-28-40(15)52(75)51-56(79)65-43(26-2)58(81)67(18)33-48(74)68(19)44(29-34(3)4)55(78)66-49(38(11)12)61(84)69(20)45(30-35(5)6)54(77)63-41(16)53(76)64-42(17)57(80)70(21)46(31-36(7)8)59(82)71(22)47(32-37(9)10)60(83)72(23)50(39(13)14)62(85)73(51)24;13-9-5-10(15-6-7-2-1-3-20-7)8(12(16)17)4-11(9)21(14,18)19;1-3-6(4-2)5-7/h25,27,34-47,49-52,75H,26,28-33H2,1-24H3,(H,63,77)(H,64,76)(H,65,79)(H,66,78);1-5,15H,6H2,(H,16,17)(H2,14,18,19);3-4H2,1-2H3/b27-25+;;/t40-,41+,42-,43+,44+,45+,46+,47+,49+,50+,51+,52-;;/m1../s1. The van der Waals surface area contributed by atoms with E-state index in [1.807, 2.05) is 75.3 Å². The van der Waals surface area contributed by atoms with Gasteiger partial charge in [0.05, 0.1) is 47.0 Å². The van der Waals surface area contributed by atoms with E-state index < -0.39 is 177 Å². The number of nitrogens with two attached hydrogens (primary N) is 1. The average Bonchev–Trinajstić information content (AvgIpc) is 1.44. The lowest BCUT2D eigenvalue weighted by Crippen LogP contribution is -2.63. The average molecular weight is 1640 g/mol. The summed E-state index contributed by atoms with van der Waals surface area (Å²) in [6.45, 7) is 34.8. The number of carbonyl (C=O) groups is 12. The van der Waals surface area contributed by atoms with E-state index in [-0.39, 0.29) is 78.6 Å². The molecule has 0 bridgehead atoms. The molecule has 1 saturated heterocycles. The van der Waals surface area contributed by atoms with Crippen LogP contribution < -0.4 is 31.7 Å². The van der Waals surface area contributed by atoms with E-state index in [1.54, 1.807) is 66.7 Å². The van der Waals surface area contributed by atoms with E-state index in [0.717, 1.165) is 15.9 Å². The number of nitroso groups, excluding NO2 is 1. The first-order valence-electron chi connectivity index (χ1n) is 38.6. The molecule has 0 spiro atoms. The van der Waals surface area contributed by atoms with Crippen molar-refractivity contribution in [1.29, 1.82) is 0 Å². The predicted octanol–water partition coefficient (Wildman–Crippen LogP) is 6.17. The Kier molecular flexibility index (Phi) is 43.3. The van der Waals surface area contributed by atoms with Crippen LogP contribution >= 0.6 is 11.6 Å². The number of likely N-dealkylation sites (N-methyl/N-ethyl adjacent to an activating group) is 7. The van der Waals surface area contributed by atoms with E-state index in [9.17, 15) is 66.4 Å². The number of carboxylic acid groups (broad SMARTS) is 1. The Morgan fingerprint density at radius 2 is 1.10 bits per heavy atom. The zero-order chi connectivity index (χ0) is 87.3. The van der Waals surface area contributed by atoms with Gasteiger partial charge in [0.1, 0.15) is 71.1 Å². The molecule has 12 atom stereocenters. The summed E-state index contributed by atoms with van der Waals surface area (Å²) in [5, 5.41) is 44.0. The van der Waals surface area contributed by atoms with Crippen LogP contribution in [-0.4, -0.2) is 264 Å².